The first-order valence-corrected chi connectivity index (χ1v) is 12.1. The summed E-state index contributed by atoms with van der Waals surface area (Å²) >= 11 is 0.698. The van der Waals surface area contributed by atoms with Crippen LogP contribution >= 0.6 is 11.3 Å². The second-order valence-electron chi connectivity index (χ2n) is 9.73. The first-order valence-electron chi connectivity index (χ1n) is 11.3. The molecule has 35 heavy (non-hydrogen) atoms. The third-order valence-corrected chi connectivity index (χ3v) is 6.53. The summed E-state index contributed by atoms with van der Waals surface area (Å²) in [6.07, 6.45) is -2.14. The van der Waals surface area contributed by atoms with Crippen molar-refractivity contribution in [3.8, 4) is 10.4 Å². The number of nitrogens with zero attached hydrogens (tertiary/aromatic N) is 3. The summed E-state index contributed by atoms with van der Waals surface area (Å²) in [5.74, 6) is -1.17. The Morgan fingerprint density at radius 2 is 2.00 bits per heavy atom. The molecule has 2 aromatic heterocycles. The van der Waals surface area contributed by atoms with Gasteiger partial charge in [-0.3, -0.25) is 9.59 Å². The van der Waals surface area contributed by atoms with Crippen LogP contribution in [0.25, 0.3) is 10.4 Å². The number of carbonyl (C=O) groups excluding carboxylic acids is 2. The second kappa shape index (κ2) is 10.1. The molecule has 0 radical (unpaired) electrons. The van der Waals surface area contributed by atoms with Crippen LogP contribution in [-0.2, 0) is 6.18 Å². The van der Waals surface area contributed by atoms with E-state index >= 15 is 0 Å². The Balaban J connectivity index is 2.16. The molecule has 2 amide bonds. The van der Waals surface area contributed by atoms with Gasteiger partial charge in [-0.2, -0.15) is 13.2 Å². The molecule has 3 N–H and O–H groups in total. The van der Waals surface area contributed by atoms with Crippen LogP contribution in [0.4, 0.5) is 19.0 Å². The number of aliphatic hydroxyl groups is 1. The summed E-state index contributed by atoms with van der Waals surface area (Å²) in [5.41, 5.74) is -2.04. The maximum atomic E-state index is 14.2. The molecule has 3 rings (SSSR count). The molecule has 1 aliphatic heterocycles. The van der Waals surface area contributed by atoms with Gasteiger partial charge in [-0.15, -0.1) is 11.3 Å². The molecule has 1 fully saturated rings. The Bertz CT molecular complexity index is 1100. The zero-order chi connectivity index (χ0) is 26.1. The van der Waals surface area contributed by atoms with Crippen molar-refractivity contribution in [3.63, 3.8) is 0 Å². The van der Waals surface area contributed by atoms with Gasteiger partial charge in [0, 0.05) is 35.9 Å². The lowest BCUT2D eigenvalue weighted by atomic mass is 10.1. The quantitative estimate of drug-likeness (QED) is 0.535. The lowest BCUT2D eigenvalue weighted by Gasteiger charge is -2.23. The smallest absolute Gasteiger partial charge is 0.394 e. The fourth-order valence-corrected chi connectivity index (χ4v) is 4.75. The number of likely N-dealkylation sites (tertiary alicyclic amines) is 1. The SMILES string of the molecule is CC(CO)NC(=O)c1nc(C(=O)N2CCCC2C)c(-c2cnc(NC(C)(C)C)cc2C(F)(F)F)s1. The highest BCUT2D eigenvalue weighted by Crippen LogP contribution is 2.42. The van der Waals surface area contributed by atoms with Gasteiger partial charge in [-0.05, 0) is 53.5 Å². The number of rotatable bonds is 6. The van der Waals surface area contributed by atoms with E-state index in [4.69, 9.17) is 0 Å². The maximum Gasteiger partial charge on any atom is 0.417 e. The first kappa shape index (κ1) is 26.9. The van der Waals surface area contributed by atoms with Crippen molar-refractivity contribution in [2.24, 2.45) is 0 Å². The fourth-order valence-electron chi connectivity index (χ4n) is 3.77. The normalized spacial score (nSPS) is 17.4. The number of amides is 2. The van der Waals surface area contributed by atoms with Crippen LogP contribution in [0, 0.1) is 0 Å². The van der Waals surface area contributed by atoms with Crippen molar-refractivity contribution in [2.45, 2.75) is 71.3 Å². The monoisotopic (exact) mass is 513 g/mol. The highest BCUT2D eigenvalue weighted by molar-refractivity contribution is 7.17. The third-order valence-electron chi connectivity index (χ3n) is 5.45. The number of pyridine rings is 1. The molecule has 2 aromatic rings. The summed E-state index contributed by atoms with van der Waals surface area (Å²) in [5, 5.41) is 14.5. The molecule has 0 bridgehead atoms. The zero-order valence-electron chi connectivity index (χ0n) is 20.3. The number of halogens is 3. The molecular weight excluding hydrogens is 483 g/mol. The molecule has 3 heterocycles. The van der Waals surface area contributed by atoms with Crippen molar-refractivity contribution in [1.82, 2.24) is 20.2 Å². The molecule has 8 nitrogen and oxygen atoms in total. The Morgan fingerprint density at radius 1 is 1.31 bits per heavy atom. The third kappa shape index (κ3) is 6.29. The zero-order valence-corrected chi connectivity index (χ0v) is 21.1. The highest BCUT2D eigenvalue weighted by atomic mass is 32.1. The minimum Gasteiger partial charge on any atom is -0.394 e. The van der Waals surface area contributed by atoms with Crippen molar-refractivity contribution < 1.29 is 27.9 Å². The van der Waals surface area contributed by atoms with Gasteiger partial charge in [-0.25, -0.2) is 9.97 Å². The minimum absolute atomic E-state index is 0.0360. The molecule has 0 aliphatic carbocycles. The summed E-state index contributed by atoms with van der Waals surface area (Å²) in [7, 11) is 0. The molecule has 12 heteroatoms. The Morgan fingerprint density at radius 3 is 2.54 bits per heavy atom. The Kier molecular flexibility index (Phi) is 7.75. The molecular formula is C23H30F3N5O3S. The van der Waals surface area contributed by atoms with Crippen molar-refractivity contribution in [3.05, 3.63) is 28.5 Å². The van der Waals surface area contributed by atoms with Gasteiger partial charge in [0.2, 0.25) is 0 Å². The van der Waals surface area contributed by atoms with Gasteiger partial charge < -0.3 is 20.6 Å². The van der Waals surface area contributed by atoms with Gasteiger partial charge in [0.25, 0.3) is 11.8 Å². The standard InChI is InChI=1S/C23H30F3N5O3S/c1-12(11-32)28-19(33)20-29-17(21(34)31-8-6-7-13(31)2)18(35-20)14-10-27-16(30-22(3,4)5)9-15(14)23(24,25)26/h9-10,12-13,32H,6-8,11H2,1-5H3,(H,27,30)(H,28,33). The van der Waals surface area contributed by atoms with Crippen LogP contribution in [0.5, 0.6) is 0 Å². The average molecular weight is 514 g/mol. The van der Waals surface area contributed by atoms with Gasteiger partial charge in [-0.1, -0.05) is 0 Å². The van der Waals surface area contributed by atoms with Crippen LogP contribution in [0.1, 0.15) is 73.3 Å². The van der Waals surface area contributed by atoms with E-state index in [-0.39, 0.29) is 39.6 Å². The molecule has 0 spiro atoms. The number of hydrogen-bond acceptors (Lipinski definition) is 7. The number of aliphatic hydroxyl groups excluding tert-OH is 1. The predicted molar refractivity (Wildman–Crippen MR) is 127 cm³/mol. The molecule has 2 unspecified atom stereocenters. The second-order valence-corrected chi connectivity index (χ2v) is 10.7. The molecule has 1 aliphatic rings. The molecule has 2 atom stereocenters. The topological polar surface area (TPSA) is 107 Å². The van der Waals surface area contributed by atoms with Crippen LogP contribution in [0.3, 0.4) is 0 Å². The van der Waals surface area contributed by atoms with E-state index in [9.17, 15) is 27.9 Å². The van der Waals surface area contributed by atoms with Crippen molar-refractivity contribution in [1.29, 1.82) is 0 Å². The molecule has 0 aromatic carbocycles. The number of aromatic nitrogens is 2. The largest absolute Gasteiger partial charge is 0.417 e. The van der Waals surface area contributed by atoms with E-state index in [0.717, 1.165) is 25.1 Å². The van der Waals surface area contributed by atoms with E-state index < -0.39 is 35.1 Å². The predicted octanol–water partition coefficient (Wildman–Crippen LogP) is 4.17. The summed E-state index contributed by atoms with van der Waals surface area (Å²) in [6, 6.07) is 0.214. The average Bonchev–Trinajstić information content (AvgIpc) is 3.38. The number of anilines is 1. The lowest BCUT2D eigenvalue weighted by molar-refractivity contribution is -0.137. The molecule has 1 saturated heterocycles. The highest BCUT2D eigenvalue weighted by Gasteiger charge is 2.38. The number of thiazole rings is 1. The van der Waals surface area contributed by atoms with Crippen LogP contribution < -0.4 is 10.6 Å². The van der Waals surface area contributed by atoms with E-state index in [1.165, 1.54) is 0 Å². The van der Waals surface area contributed by atoms with Gasteiger partial charge in [0.1, 0.15) is 11.5 Å². The minimum atomic E-state index is -4.74. The Hall–Kier alpha value is -2.73. The van der Waals surface area contributed by atoms with E-state index in [2.05, 4.69) is 20.6 Å². The molecule has 192 valence electrons. The number of nitrogens with one attached hydrogen (secondary N) is 2. The van der Waals surface area contributed by atoms with E-state index in [0.29, 0.717) is 17.9 Å². The Labute approximate surface area is 206 Å². The van der Waals surface area contributed by atoms with Crippen molar-refractivity contribution >= 4 is 29.0 Å². The van der Waals surface area contributed by atoms with Crippen molar-refractivity contribution in [2.75, 3.05) is 18.5 Å². The van der Waals surface area contributed by atoms with Gasteiger partial charge >= 0.3 is 6.18 Å². The number of hydrogen-bond donors (Lipinski definition) is 3. The fraction of sp³-hybridized carbons (Fsp3) is 0.565. The van der Waals surface area contributed by atoms with E-state index in [1.54, 1.807) is 32.6 Å². The van der Waals surface area contributed by atoms with Gasteiger partial charge in [0.05, 0.1) is 17.0 Å². The summed E-state index contributed by atoms with van der Waals surface area (Å²) in [4.78, 5) is 35.9. The number of alkyl halides is 3. The van der Waals surface area contributed by atoms with Crippen LogP contribution in [0.15, 0.2) is 12.3 Å². The lowest BCUT2D eigenvalue weighted by Crippen LogP contribution is -2.35. The number of carbonyl (C=O) groups is 2. The molecule has 0 saturated carbocycles. The summed E-state index contributed by atoms with van der Waals surface area (Å²) < 4.78 is 42.5. The van der Waals surface area contributed by atoms with E-state index in [1.807, 2.05) is 6.92 Å². The maximum absolute atomic E-state index is 14.2. The van der Waals surface area contributed by atoms with Crippen LogP contribution in [0.2, 0.25) is 0 Å². The van der Waals surface area contributed by atoms with Gasteiger partial charge in [0.15, 0.2) is 5.01 Å². The van der Waals surface area contributed by atoms with Crippen LogP contribution in [-0.4, -0.2) is 62.6 Å². The summed E-state index contributed by atoms with van der Waals surface area (Å²) in [6.45, 7) is 8.95. The first-order chi connectivity index (χ1) is 16.2.